The van der Waals surface area contributed by atoms with Crippen molar-refractivity contribution in [3.05, 3.63) is 0 Å². The van der Waals surface area contributed by atoms with Gasteiger partial charge in [0.1, 0.15) is 23.7 Å². The van der Waals surface area contributed by atoms with E-state index in [4.69, 9.17) is 16.2 Å². The minimum Gasteiger partial charge on any atom is -0.480 e. The minimum absolute atomic E-state index is 0.0919. The number of guanidine groups is 1. The lowest BCUT2D eigenvalue weighted by molar-refractivity contribution is -0.144. The van der Waals surface area contributed by atoms with E-state index in [1.54, 1.807) is 34.6 Å². The molecular formula is C21H38N6O6. The van der Waals surface area contributed by atoms with Gasteiger partial charge in [-0.15, -0.1) is 0 Å². The van der Waals surface area contributed by atoms with Gasteiger partial charge >= 0.3 is 12.1 Å². The van der Waals surface area contributed by atoms with Crippen molar-refractivity contribution in [3.63, 3.8) is 0 Å². The number of rotatable bonds is 10. The van der Waals surface area contributed by atoms with E-state index in [1.807, 2.05) is 0 Å². The van der Waals surface area contributed by atoms with Crippen molar-refractivity contribution in [2.24, 2.45) is 22.4 Å². The Morgan fingerprint density at radius 1 is 1.18 bits per heavy atom. The number of nitrogens with one attached hydrogen (secondary N) is 2. The second-order valence-electron chi connectivity index (χ2n) is 9.41. The Balaban J connectivity index is 2.85. The van der Waals surface area contributed by atoms with Gasteiger partial charge in [-0.1, -0.05) is 13.8 Å². The molecule has 12 heteroatoms. The molecule has 1 fully saturated rings. The van der Waals surface area contributed by atoms with Crippen molar-refractivity contribution < 1.29 is 29.0 Å². The molecule has 0 saturated carbocycles. The number of carbonyl (C=O) groups excluding carboxylic acids is 3. The number of hydrogen-bond acceptors (Lipinski definition) is 6. The summed E-state index contributed by atoms with van der Waals surface area (Å²) in [6.07, 6.45) is 0.755. The van der Waals surface area contributed by atoms with Gasteiger partial charge in [-0.3, -0.25) is 14.6 Å². The number of aliphatic carboxylic acids is 1. The van der Waals surface area contributed by atoms with Crippen LogP contribution in [0.15, 0.2) is 4.99 Å². The van der Waals surface area contributed by atoms with Crippen molar-refractivity contribution in [1.29, 1.82) is 0 Å². The molecule has 0 bridgehead atoms. The molecular weight excluding hydrogens is 432 g/mol. The summed E-state index contributed by atoms with van der Waals surface area (Å²) in [6, 6.07) is -2.84. The van der Waals surface area contributed by atoms with Gasteiger partial charge in [0.15, 0.2) is 5.96 Å². The van der Waals surface area contributed by atoms with E-state index in [0.717, 1.165) is 0 Å². The molecule has 12 nitrogen and oxygen atoms in total. The zero-order chi connectivity index (χ0) is 25.3. The molecule has 0 aromatic rings. The Kier molecular flexibility index (Phi) is 10.4. The van der Waals surface area contributed by atoms with Crippen molar-refractivity contribution in [1.82, 2.24) is 15.5 Å². The molecule has 0 radical (unpaired) electrons. The molecule has 0 spiro atoms. The Hall–Kier alpha value is -3.05. The molecule has 3 atom stereocenters. The van der Waals surface area contributed by atoms with Crippen LogP contribution < -0.4 is 22.1 Å². The first-order chi connectivity index (χ1) is 15.2. The van der Waals surface area contributed by atoms with E-state index >= 15 is 0 Å². The van der Waals surface area contributed by atoms with Gasteiger partial charge in [0.2, 0.25) is 11.8 Å². The van der Waals surface area contributed by atoms with Crippen LogP contribution in [0.3, 0.4) is 0 Å². The second kappa shape index (κ2) is 12.3. The van der Waals surface area contributed by atoms with E-state index in [-0.39, 0.29) is 24.8 Å². The fourth-order valence-electron chi connectivity index (χ4n) is 3.46. The van der Waals surface area contributed by atoms with Crippen LogP contribution in [0.1, 0.15) is 60.3 Å². The van der Waals surface area contributed by atoms with E-state index in [9.17, 15) is 24.3 Å². The Bertz CT molecular complexity index is 744. The molecule has 1 aliphatic rings. The van der Waals surface area contributed by atoms with Crippen LogP contribution >= 0.6 is 0 Å². The molecule has 1 aliphatic heterocycles. The third-order valence-electron chi connectivity index (χ3n) is 5.00. The summed E-state index contributed by atoms with van der Waals surface area (Å²) < 4.78 is 5.26. The molecule has 3 unspecified atom stereocenters. The van der Waals surface area contributed by atoms with Gasteiger partial charge in [-0.2, -0.15) is 0 Å². The number of nitrogens with zero attached hydrogens (tertiary/aromatic N) is 2. The van der Waals surface area contributed by atoms with E-state index in [2.05, 4.69) is 15.6 Å². The lowest BCUT2D eigenvalue weighted by Crippen LogP contribution is -2.57. The summed E-state index contributed by atoms with van der Waals surface area (Å²) in [7, 11) is 0. The SMILES string of the molecule is CC(C)C(NC(=O)OC(C)(C)C)C(=O)N1CCCC1C(=O)NC(CCCN=C(N)N)C(=O)O. The highest BCUT2D eigenvalue weighted by Gasteiger charge is 2.40. The Morgan fingerprint density at radius 3 is 2.33 bits per heavy atom. The molecule has 33 heavy (non-hydrogen) atoms. The van der Waals surface area contributed by atoms with E-state index in [1.165, 1.54) is 4.90 Å². The maximum Gasteiger partial charge on any atom is 0.408 e. The minimum atomic E-state index is -1.18. The highest BCUT2D eigenvalue weighted by atomic mass is 16.6. The van der Waals surface area contributed by atoms with Crippen LogP contribution in [0.2, 0.25) is 0 Å². The lowest BCUT2D eigenvalue weighted by atomic mass is 10.0. The standard InChI is InChI=1S/C21H38N6O6/c1-12(2)15(26-20(32)33-21(3,4)5)17(29)27-11-7-9-14(27)16(28)25-13(18(30)31)8-6-10-24-19(22)23/h12-15H,6-11H2,1-5H3,(H,25,28)(H,26,32)(H,30,31)(H4,22,23,24). The van der Waals surface area contributed by atoms with Crippen LogP contribution in [0.4, 0.5) is 4.79 Å². The summed E-state index contributed by atoms with van der Waals surface area (Å²) in [5, 5.41) is 14.6. The lowest BCUT2D eigenvalue weighted by Gasteiger charge is -2.31. The third-order valence-corrected chi connectivity index (χ3v) is 5.00. The number of amides is 3. The Morgan fingerprint density at radius 2 is 1.82 bits per heavy atom. The molecule has 1 rings (SSSR count). The van der Waals surface area contributed by atoms with Crippen molar-refractivity contribution in [2.45, 2.75) is 84.0 Å². The number of carboxylic acids is 1. The normalized spacial score (nSPS) is 17.8. The van der Waals surface area contributed by atoms with E-state index < -0.39 is 47.6 Å². The van der Waals surface area contributed by atoms with Crippen molar-refractivity contribution in [2.75, 3.05) is 13.1 Å². The highest BCUT2D eigenvalue weighted by molar-refractivity contribution is 5.93. The molecule has 7 N–H and O–H groups in total. The summed E-state index contributed by atoms with van der Waals surface area (Å²) in [6.45, 7) is 9.28. The van der Waals surface area contributed by atoms with Crippen LogP contribution in [0.25, 0.3) is 0 Å². The molecule has 0 aromatic heterocycles. The first-order valence-corrected chi connectivity index (χ1v) is 11.1. The first-order valence-electron chi connectivity index (χ1n) is 11.1. The summed E-state index contributed by atoms with van der Waals surface area (Å²) in [5.74, 6) is -2.49. The molecule has 1 saturated heterocycles. The molecule has 188 valence electrons. The van der Waals surface area contributed by atoms with Gasteiger partial charge in [-0.05, 0) is 52.4 Å². The van der Waals surface area contributed by atoms with Gasteiger partial charge < -0.3 is 36.8 Å². The zero-order valence-electron chi connectivity index (χ0n) is 20.1. The summed E-state index contributed by atoms with van der Waals surface area (Å²) >= 11 is 0. The summed E-state index contributed by atoms with van der Waals surface area (Å²) in [5.41, 5.74) is 9.78. The van der Waals surface area contributed by atoms with Crippen LogP contribution in [0, 0.1) is 5.92 Å². The fourth-order valence-corrected chi connectivity index (χ4v) is 3.46. The van der Waals surface area contributed by atoms with Gasteiger partial charge in [-0.25, -0.2) is 9.59 Å². The maximum atomic E-state index is 13.2. The number of likely N-dealkylation sites (tertiary alicyclic amines) is 1. The number of carbonyl (C=O) groups is 4. The zero-order valence-corrected chi connectivity index (χ0v) is 20.1. The van der Waals surface area contributed by atoms with E-state index in [0.29, 0.717) is 25.8 Å². The van der Waals surface area contributed by atoms with Gasteiger partial charge in [0, 0.05) is 13.1 Å². The Labute approximate surface area is 194 Å². The number of ether oxygens (including phenoxy) is 1. The molecule has 3 amide bonds. The number of nitrogens with two attached hydrogens (primary N) is 2. The highest BCUT2D eigenvalue weighted by Crippen LogP contribution is 2.21. The number of hydrogen-bond donors (Lipinski definition) is 5. The average Bonchev–Trinajstić information content (AvgIpc) is 3.15. The smallest absolute Gasteiger partial charge is 0.408 e. The number of aliphatic imine (C=N–C) groups is 1. The first kappa shape index (κ1) is 28.0. The van der Waals surface area contributed by atoms with Gasteiger partial charge in [0.25, 0.3) is 0 Å². The van der Waals surface area contributed by atoms with Crippen molar-refractivity contribution in [3.8, 4) is 0 Å². The maximum absolute atomic E-state index is 13.2. The second-order valence-corrected chi connectivity index (χ2v) is 9.41. The topological polar surface area (TPSA) is 189 Å². The summed E-state index contributed by atoms with van der Waals surface area (Å²) in [4.78, 5) is 55.1. The molecule has 1 heterocycles. The predicted octanol–water partition coefficient (Wildman–Crippen LogP) is 0.150. The third kappa shape index (κ3) is 9.54. The monoisotopic (exact) mass is 470 g/mol. The fraction of sp³-hybridized carbons (Fsp3) is 0.762. The average molecular weight is 471 g/mol. The number of carboxylic acid groups (broad SMARTS) is 1. The molecule has 0 aromatic carbocycles. The van der Waals surface area contributed by atoms with Crippen molar-refractivity contribution >= 4 is 29.8 Å². The van der Waals surface area contributed by atoms with Crippen LogP contribution in [-0.2, 0) is 19.1 Å². The molecule has 0 aliphatic carbocycles. The number of alkyl carbamates (subject to hydrolysis) is 1. The van der Waals surface area contributed by atoms with Crippen LogP contribution in [-0.4, -0.2) is 76.7 Å². The van der Waals surface area contributed by atoms with Crippen LogP contribution in [0.5, 0.6) is 0 Å². The quantitative estimate of drug-likeness (QED) is 0.169. The van der Waals surface area contributed by atoms with Gasteiger partial charge in [0.05, 0.1) is 0 Å². The predicted molar refractivity (Wildman–Crippen MR) is 122 cm³/mol. The largest absolute Gasteiger partial charge is 0.480 e.